The van der Waals surface area contributed by atoms with Gasteiger partial charge in [0.05, 0.1) is 6.54 Å². The highest BCUT2D eigenvalue weighted by molar-refractivity contribution is 14.0. The van der Waals surface area contributed by atoms with Gasteiger partial charge in [0.1, 0.15) is 5.82 Å². The number of aromatic nitrogens is 3. The molecule has 6 nitrogen and oxygen atoms in total. The number of hydrogen-bond donors (Lipinski definition) is 2. The lowest BCUT2D eigenvalue weighted by Gasteiger charge is -2.26. The van der Waals surface area contributed by atoms with Crippen LogP contribution < -0.4 is 10.6 Å². The number of nitrogens with one attached hydrogen (secondary N) is 2. The van der Waals surface area contributed by atoms with Crippen LogP contribution in [0.15, 0.2) is 4.99 Å². The minimum absolute atomic E-state index is 0. The highest BCUT2D eigenvalue weighted by Crippen LogP contribution is 2.37. The summed E-state index contributed by atoms with van der Waals surface area (Å²) in [6.45, 7) is 11.5. The lowest BCUT2D eigenvalue weighted by atomic mass is 9.89. The van der Waals surface area contributed by atoms with Crippen molar-refractivity contribution in [2.45, 2.75) is 84.7 Å². The van der Waals surface area contributed by atoms with Crippen molar-refractivity contribution in [3.63, 3.8) is 0 Å². The molecular weight excluding hydrogens is 439 g/mol. The summed E-state index contributed by atoms with van der Waals surface area (Å²) in [4.78, 5) is 9.58. The van der Waals surface area contributed by atoms with E-state index in [9.17, 15) is 0 Å². The minimum atomic E-state index is 0. The molecule has 3 rings (SSSR count). The van der Waals surface area contributed by atoms with Gasteiger partial charge in [-0.05, 0) is 31.6 Å². The second-order valence-corrected chi connectivity index (χ2v) is 8.32. The fraction of sp³-hybridized carbons (Fsp3) is 0.842. The average Bonchev–Trinajstić information content (AvgIpc) is 3.19. The number of guanidine groups is 1. The van der Waals surface area contributed by atoms with Crippen molar-refractivity contribution in [2.75, 3.05) is 13.1 Å². The number of aryl methyl sites for hydroxylation is 1. The Morgan fingerprint density at radius 3 is 2.73 bits per heavy atom. The molecule has 2 heterocycles. The first-order valence-corrected chi connectivity index (χ1v) is 9.97. The van der Waals surface area contributed by atoms with Crippen LogP contribution >= 0.6 is 24.0 Å². The molecule has 2 N–H and O–H groups in total. The first kappa shape index (κ1) is 21.4. The quantitative estimate of drug-likeness (QED) is 0.390. The summed E-state index contributed by atoms with van der Waals surface area (Å²) < 4.78 is 2.08. The lowest BCUT2D eigenvalue weighted by Crippen LogP contribution is -2.47. The standard InChI is InChI=1S/C19H34N6.HI/c1-5-20-18(21-13-19(4)10-6-7-11-19)22-15-8-9-16-23-17(14(2)3)24-25(16)12-15;/h14-15H,5-13H2,1-4H3,(H2,20,21,22);1H. The van der Waals surface area contributed by atoms with Gasteiger partial charge in [0, 0.05) is 31.5 Å². The molecule has 2 aliphatic rings. The van der Waals surface area contributed by atoms with Gasteiger partial charge in [0.2, 0.25) is 0 Å². The average molecular weight is 474 g/mol. The predicted octanol–water partition coefficient (Wildman–Crippen LogP) is 3.47. The molecule has 1 aromatic heterocycles. The second kappa shape index (κ2) is 9.37. The maximum atomic E-state index is 4.90. The van der Waals surface area contributed by atoms with E-state index in [0.717, 1.165) is 50.1 Å². The molecule has 1 fully saturated rings. The molecule has 26 heavy (non-hydrogen) atoms. The number of rotatable bonds is 5. The topological polar surface area (TPSA) is 67.1 Å². The largest absolute Gasteiger partial charge is 0.357 e. The van der Waals surface area contributed by atoms with E-state index in [1.807, 2.05) is 0 Å². The van der Waals surface area contributed by atoms with Crippen LogP contribution in [0.2, 0.25) is 0 Å². The molecule has 148 valence electrons. The molecule has 0 amide bonds. The second-order valence-electron chi connectivity index (χ2n) is 8.32. The van der Waals surface area contributed by atoms with Gasteiger partial charge in [-0.25, -0.2) is 9.67 Å². The van der Waals surface area contributed by atoms with E-state index in [1.54, 1.807) is 0 Å². The number of nitrogens with zero attached hydrogens (tertiary/aromatic N) is 4. The van der Waals surface area contributed by atoms with E-state index in [1.165, 1.54) is 25.7 Å². The maximum absolute atomic E-state index is 4.90. The van der Waals surface area contributed by atoms with Gasteiger partial charge in [-0.15, -0.1) is 24.0 Å². The summed E-state index contributed by atoms with van der Waals surface area (Å²) >= 11 is 0. The fourth-order valence-electron chi connectivity index (χ4n) is 3.86. The zero-order valence-electron chi connectivity index (χ0n) is 16.7. The number of halogens is 1. The van der Waals surface area contributed by atoms with Crippen molar-refractivity contribution in [1.29, 1.82) is 0 Å². The molecule has 1 aliphatic carbocycles. The van der Waals surface area contributed by atoms with Crippen molar-refractivity contribution >= 4 is 29.9 Å². The summed E-state index contributed by atoms with van der Waals surface area (Å²) in [5.41, 5.74) is 0.389. The Balaban J connectivity index is 0.00000243. The Morgan fingerprint density at radius 2 is 2.08 bits per heavy atom. The highest BCUT2D eigenvalue weighted by atomic mass is 127. The van der Waals surface area contributed by atoms with Crippen LogP contribution in [0.4, 0.5) is 0 Å². The van der Waals surface area contributed by atoms with Crippen LogP contribution in [0.3, 0.4) is 0 Å². The zero-order valence-corrected chi connectivity index (χ0v) is 19.0. The third-order valence-electron chi connectivity index (χ3n) is 5.51. The third-order valence-corrected chi connectivity index (χ3v) is 5.51. The van der Waals surface area contributed by atoms with Crippen molar-refractivity contribution in [3.05, 3.63) is 11.6 Å². The summed E-state index contributed by atoms with van der Waals surface area (Å²) in [5.74, 6) is 3.43. The van der Waals surface area contributed by atoms with Gasteiger partial charge in [0.25, 0.3) is 0 Å². The van der Waals surface area contributed by atoms with Crippen LogP contribution in [-0.2, 0) is 13.0 Å². The van der Waals surface area contributed by atoms with Gasteiger partial charge in [-0.2, -0.15) is 5.10 Å². The van der Waals surface area contributed by atoms with Crippen molar-refractivity contribution < 1.29 is 0 Å². The van der Waals surface area contributed by atoms with Crippen molar-refractivity contribution in [1.82, 2.24) is 25.4 Å². The van der Waals surface area contributed by atoms with Crippen molar-refractivity contribution in [3.8, 4) is 0 Å². The van der Waals surface area contributed by atoms with Gasteiger partial charge < -0.3 is 10.6 Å². The first-order chi connectivity index (χ1) is 12.0. The summed E-state index contributed by atoms with van der Waals surface area (Å²) in [6.07, 6.45) is 7.38. The zero-order chi connectivity index (χ0) is 17.9. The Hall–Kier alpha value is -0.860. The van der Waals surface area contributed by atoms with Crippen LogP contribution in [0.1, 0.15) is 77.4 Å². The smallest absolute Gasteiger partial charge is 0.191 e. The molecule has 0 bridgehead atoms. The minimum Gasteiger partial charge on any atom is -0.357 e. The highest BCUT2D eigenvalue weighted by Gasteiger charge is 2.29. The summed E-state index contributed by atoms with van der Waals surface area (Å²) in [6, 6.07) is 0.364. The molecule has 7 heteroatoms. The van der Waals surface area contributed by atoms with E-state index in [-0.39, 0.29) is 24.0 Å². The van der Waals surface area contributed by atoms with E-state index >= 15 is 0 Å². The van der Waals surface area contributed by atoms with Crippen LogP contribution in [-0.4, -0.2) is 39.9 Å². The SMILES string of the molecule is CCNC(=NCC1(C)CCCC1)NC1CCc2nc(C(C)C)nn2C1.I. The van der Waals surface area contributed by atoms with Crippen LogP contribution in [0, 0.1) is 5.41 Å². The monoisotopic (exact) mass is 474 g/mol. The van der Waals surface area contributed by atoms with E-state index in [4.69, 9.17) is 4.99 Å². The van der Waals surface area contributed by atoms with Gasteiger partial charge in [0.15, 0.2) is 11.8 Å². The fourth-order valence-corrected chi connectivity index (χ4v) is 3.86. The summed E-state index contributed by atoms with van der Waals surface area (Å²) in [5, 5.41) is 11.7. The van der Waals surface area contributed by atoms with E-state index in [2.05, 4.69) is 53.1 Å². The number of aliphatic imine (C=N–C) groups is 1. The van der Waals surface area contributed by atoms with E-state index < -0.39 is 0 Å². The molecule has 0 aromatic carbocycles. The summed E-state index contributed by atoms with van der Waals surface area (Å²) in [7, 11) is 0. The Kier molecular flexibility index (Phi) is 7.73. The van der Waals surface area contributed by atoms with Gasteiger partial charge in [-0.3, -0.25) is 4.99 Å². The molecule has 1 unspecified atom stereocenters. The van der Waals surface area contributed by atoms with Gasteiger partial charge >= 0.3 is 0 Å². The molecule has 1 aliphatic heterocycles. The molecule has 0 radical (unpaired) electrons. The lowest BCUT2D eigenvalue weighted by molar-refractivity contribution is 0.348. The van der Waals surface area contributed by atoms with Gasteiger partial charge in [-0.1, -0.05) is 33.6 Å². The van der Waals surface area contributed by atoms with Crippen LogP contribution in [0.25, 0.3) is 0 Å². The molecule has 1 atom stereocenters. The third kappa shape index (κ3) is 5.33. The van der Waals surface area contributed by atoms with Crippen molar-refractivity contribution in [2.24, 2.45) is 10.4 Å². The normalized spacial score (nSPS) is 22.0. The number of fused-ring (bicyclic) bond motifs is 1. The Bertz CT molecular complexity index is 603. The van der Waals surface area contributed by atoms with E-state index in [0.29, 0.717) is 17.4 Å². The maximum Gasteiger partial charge on any atom is 0.191 e. The first-order valence-electron chi connectivity index (χ1n) is 9.97. The molecular formula is C19H35IN6. The predicted molar refractivity (Wildman–Crippen MR) is 117 cm³/mol. The number of hydrogen-bond acceptors (Lipinski definition) is 3. The molecule has 1 saturated carbocycles. The Labute approximate surface area is 175 Å². The van der Waals surface area contributed by atoms with Crippen LogP contribution in [0.5, 0.6) is 0 Å². The molecule has 1 aromatic rings. The molecule has 0 spiro atoms. The Morgan fingerprint density at radius 1 is 1.35 bits per heavy atom. The molecule has 0 saturated heterocycles.